The molecule has 1 aromatic carbocycles. The van der Waals surface area contributed by atoms with Gasteiger partial charge in [0.15, 0.2) is 0 Å². The molecular formula is C9H11N3O5. The van der Waals surface area contributed by atoms with Gasteiger partial charge in [-0.15, -0.1) is 0 Å². The topological polar surface area (TPSA) is 108 Å². The van der Waals surface area contributed by atoms with Gasteiger partial charge in [0.2, 0.25) is 5.69 Å². The van der Waals surface area contributed by atoms with E-state index < -0.39 is 9.85 Å². The maximum Gasteiger partial charge on any atom is 0.302 e. The summed E-state index contributed by atoms with van der Waals surface area (Å²) in [7, 11) is 0. The van der Waals surface area contributed by atoms with Crippen molar-refractivity contribution in [1.29, 1.82) is 0 Å². The Kier molecular flexibility index (Phi) is 3.94. The Morgan fingerprint density at radius 2 is 1.71 bits per heavy atom. The van der Waals surface area contributed by atoms with Crippen molar-refractivity contribution in [2.75, 3.05) is 12.1 Å². The van der Waals surface area contributed by atoms with Crippen LogP contribution in [-0.4, -0.2) is 16.5 Å². The second-order valence-corrected chi connectivity index (χ2v) is 3.23. The largest absolute Gasteiger partial charge is 0.302 e. The maximum atomic E-state index is 10.8. The van der Waals surface area contributed by atoms with Crippen molar-refractivity contribution < 1.29 is 14.7 Å². The van der Waals surface area contributed by atoms with Crippen LogP contribution in [0.2, 0.25) is 0 Å². The Bertz CT molecular complexity index is 425. The molecule has 8 heteroatoms. The third-order valence-corrected chi connectivity index (χ3v) is 1.95. The molecule has 0 saturated carbocycles. The highest BCUT2D eigenvalue weighted by atomic mass is 16.7. The minimum atomic E-state index is -0.693. The third-order valence-electron chi connectivity index (χ3n) is 1.95. The maximum absolute atomic E-state index is 10.8. The lowest BCUT2D eigenvalue weighted by Crippen LogP contribution is -2.06. The minimum absolute atomic E-state index is 0.224. The first-order chi connectivity index (χ1) is 7.97. The number of anilines is 1. The highest BCUT2D eigenvalue weighted by Crippen LogP contribution is 2.35. The molecule has 0 spiro atoms. The number of hydrogen-bond acceptors (Lipinski definition) is 6. The van der Waals surface area contributed by atoms with E-state index in [0.29, 0.717) is 5.56 Å². The van der Waals surface area contributed by atoms with Crippen LogP contribution in [0.15, 0.2) is 12.1 Å². The van der Waals surface area contributed by atoms with Gasteiger partial charge in [-0.25, -0.2) is 0 Å². The number of nitrogens with zero attached hydrogens (tertiary/aromatic N) is 2. The van der Waals surface area contributed by atoms with Gasteiger partial charge in [0.25, 0.3) is 0 Å². The molecule has 0 radical (unpaired) electrons. The standard InChI is InChI=1S/C9H11N3O5/c1-3-17-10-9-7(11(13)14)4-6(2)5-8(9)12(15)16/h4-5,10H,3H2,1-2H3. The first-order valence-electron chi connectivity index (χ1n) is 4.78. The number of benzene rings is 1. The number of hydrogen-bond donors (Lipinski definition) is 1. The Hall–Kier alpha value is -2.22. The Labute approximate surface area is 96.4 Å². The number of rotatable bonds is 5. The fraction of sp³-hybridized carbons (Fsp3) is 0.333. The lowest BCUT2D eigenvalue weighted by atomic mass is 10.1. The highest BCUT2D eigenvalue weighted by Gasteiger charge is 2.26. The first-order valence-corrected chi connectivity index (χ1v) is 4.78. The van der Waals surface area contributed by atoms with E-state index in [2.05, 4.69) is 5.48 Å². The van der Waals surface area contributed by atoms with Crippen LogP contribution in [0, 0.1) is 27.2 Å². The quantitative estimate of drug-likeness (QED) is 0.625. The molecule has 8 nitrogen and oxygen atoms in total. The van der Waals surface area contributed by atoms with Gasteiger partial charge < -0.3 is 0 Å². The van der Waals surface area contributed by atoms with Crippen LogP contribution >= 0.6 is 0 Å². The summed E-state index contributed by atoms with van der Waals surface area (Å²) in [5.41, 5.74) is 1.66. The summed E-state index contributed by atoms with van der Waals surface area (Å²) in [6, 6.07) is 2.49. The molecule has 0 saturated heterocycles. The van der Waals surface area contributed by atoms with Crippen molar-refractivity contribution in [3.8, 4) is 0 Å². The summed E-state index contributed by atoms with van der Waals surface area (Å²) in [6.07, 6.45) is 0. The third kappa shape index (κ3) is 2.88. The number of nitro groups is 2. The molecule has 0 atom stereocenters. The zero-order valence-corrected chi connectivity index (χ0v) is 9.30. The predicted molar refractivity (Wildman–Crippen MR) is 59.7 cm³/mol. The van der Waals surface area contributed by atoms with E-state index in [0.717, 1.165) is 0 Å². The van der Waals surface area contributed by atoms with Gasteiger partial charge in [0.1, 0.15) is 0 Å². The van der Waals surface area contributed by atoms with Gasteiger partial charge in [-0.1, -0.05) is 0 Å². The van der Waals surface area contributed by atoms with E-state index in [1.165, 1.54) is 12.1 Å². The molecule has 17 heavy (non-hydrogen) atoms. The SMILES string of the molecule is CCONc1c([N+](=O)[O-])cc(C)cc1[N+](=O)[O-]. The van der Waals surface area contributed by atoms with Gasteiger partial charge >= 0.3 is 11.4 Å². The van der Waals surface area contributed by atoms with Crippen molar-refractivity contribution >= 4 is 17.1 Å². The van der Waals surface area contributed by atoms with Gasteiger partial charge in [-0.3, -0.25) is 30.5 Å². The highest BCUT2D eigenvalue weighted by molar-refractivity contribution is 5.73. The van der Waals surface area contributed by atoms with Crippen LogP contribution in [0.25, 0.3) is 0 Å². The van der Waals surface area contributed by atoms with E-state index in [9.17, 15) is 20.2 Å². The molecule has 0 aromatic heterocycles. The molecule has 1 aromatic rings. The molecule has 1 rings (SSSR count). The van der Waals surface area contributed by atoms with Crippen molar-refractivity contribution in [1.82, 2.24) is 0 Å². The van der Waals surface area contributed by atoms with Crippen LogP contribution < -0.4 is 5.48 Å². The molecule has 0 bridgehead atoms. The Morgan fingerprint density at radius 3 is 2.06 bits per heavy atom. The number of nitrogens with one attached hydrogen (secondary N) is 1. The molecule has 0 aliphatic heterocycles. The minimum Gasteiger partial charge on any atom is -0.276 e. The van der Waals surface area contributed by atoms with E-state index in [-0.39, 0.29) is 23.7 Å². The van der Waals surface area contributed by atoms with E-state index in [1.807, 2.05) is 0 Å². The first kappa shape index (κ1) is 12.8. The zero-order chi connectivity index (χ0) is 13.0. The molecule has 1 N–H and O–H groups in total. The van der Waals surface area contributed by atoms with Crippen LogP contribution in [0.5, 0.6) is 0 Å². The summed E-state index contributed by atoms with van der Waals surface area (Å²) >= 11 is 0. The van der Waals surface area contributed by atoms with Crippen molar-refractivity contribution in [3.63, 3.8) is 0 Å². The number of aryl methyl sites for hydroxylation is 1. The van der Waals surface area contributed by atoms with Crippen LogP contribution in [-0.2, 0) is 4.84 Å². The smallest absolute Gasteiger partial charge is 0.276 e. The van der Waals surface area contributed by atoms with Crippen molar-refractivity contribution in [2.24, 2.45) is 0 Å². The lowest BCUT2D eigenvalue weighted by Gasteiger charge is -2.07. The molecule has 0 aliphatic carbocycles. The molecular weight excluding hydrogens is 230 g/mol. The van der Waals surface area contributed by atoms with Crippen LogP contribution in [0.1, 0.15) is 12.5 Å². The second kappa shape index (κ2) is 5.21. The molecule has 0 fully saturated rings. The fourth-order valence-electron chi connectivity index (χ4n) is 1.29. The molecule has 0 heterocycles. The lowest BCUT2D eigenvalue weighted by molar-refractivity contribution is -0.392. The van der Waals surface area contributed by atoms with E-state index in [1.54, 1.807) is 13.8 Å². The number of nitro benzene ring substituents is 2. The predicted octanol–water partition coefficient (Wildman–Crippen LogP) is 2.17. The molecule has 92 valence electrons. The average molecular weight is 241 g/mol. The van der Waals surface area contributed by atoms with Crippen LogP contribution in [0.3, 0.4) is 0 Å². The average Bonchev–Trinajstić information content (AvgIpc) is 2.26. The van der Waals surface area contributed by atoms with Gasteiger partial charge in [-0.05, 0) is 19.4 Å². The zero-order valence-electron chi connectivity index (χ0n) is 9.30. The van der Waals surface area contributed by atoms with E-state index >= 15 is 0 Å². The van der Waals surface area contributed by atoms with Crippen molar-refractivity contribution in [3.05, 3.63) is 37.9 Å². The van der Waals surface area contributed by atoms with Gasteiger partial charge in [-0.2, -0.15) is 0 Å². The fourth-order valence-corrected chi connectivity index (χ4v) is 1.29. The monoisotopic (exact) mass is 241 g/mol. The second-order valence-electron chi connectivity index (χ2n) is 3.23. The summed E-state index contributed by atoms with van der Waals surface area (Å²) in [5, 5.41) is 21.6. The normalized spacial score (nSPS) is 10.0. The van der Waals surface area contributed by atoms with Gasteiger partial charge in [0.05, 0.1) is 16.5 Å². The molecule has 0 aliphatic rings. The summed E-state index contributed by atoms with van der Waals surface area (Å²) in [5.74, 6) is 0. The summed E-state index contributed by atoms with van der Waals surface area (Å²) in [4.78, 5) is 25.0. The van der Waals surface area contributed by atoms with Gasteiger partial charge in [0, 0.05) is 12.1 Å². The Morgan fingerprint density at radius 1 is 1.24 bits per heavy atom. The van der Waals surface area contributed by atoms with Crippen molar-refractivity contribution in [2.45, 2.75) is 13.8 Å². The molecule has 0 unspecified atom stereocenters. The van der Waals surface area contributed by atoms with Crippen LogP contribution in [0.4, 0.5) is 17.1 Å². The summed E-state index contributed by atoms with van der Waals surface area (Å²) < 4.78 is 0. The Balaban J connectivity index is 3.36. The summed E-state index contributed by atoms with van der Waals surface area (Å²) in [6.45, 7) is 3.42. The van der Waals surface area contributed by atoms with E-state index in [4.69, 9.17) is 4.84 Å². The molecule has 0 amide bonds.